The minimum atomic E-state index is -0.524. The molecule has 0 saturated carbocycles. The van der Waals surface area contributed by atoms with Gasteiger partial charge in [0.2, 0.25) is 0 Å². The Balaban J connectivity index is 0.00000109. The third-order valence-corrected chi connectivity index (χ3v) is 5.43. The van der Waals surface area contributed by atoms with Crippen LogP contribution in [0.2, 0.25) is 0 Å². The molecule has 1 amide bonds. The molecule has 1 atom stereocenters. The van der Waals surface area contributed by atoms with Crippen LogP contribution in [-0.4, -0.2) is 61.8 Å². The molecule has 1 fully saturated rings. The summed E-state index contributed by atoms with van der Waals surface area (Å²) in [7, 11) is 0. The number of nitrogens with zero attached hydrogens (tertiary/aromatic N) is 7. The molecule has 1 aliphatic rings. The van der Waals surface area contributed by atoms with E-state index in [1.165, 1.54) is 0 Å². The summed E-state index contributed by atoms with van der Waals surface area (Å²) in [4.78, 5) is 30.0. The van der Waals surface area contributed by atoms with Crippen molar-refractivity contribution in [1.29, 1.82) is 5.26 Å². The maximum Gasteiger partial charge on any atom is 0.410 e. The molecule has 4 rings (SSSR count). The number of pyridine rings is 1. The number of aryl methyl sites for hydroxylation is 1. The zero-order valence-electron chi connectivity index (χ0n) is 23.0. The van der Waals surface area contributed by atoms with E-state index >= 15 is 0 Å². The van der Waals surface area contributed by atoms with Gasteiger partial charge in [-0.1, -0.05) is 27.7 Å². The van der Waals surface area contributed by atoms with Gasteiger partial charge in [0.1, 0.15) is 23.6 Å². The highest BCUT2D eigenvalue weighted by Gasteiger charge is 2.32. The predicted octanol–water partition coefficient (Wildman–Crippen LogP) is 5.49. The number of ether oxygens (including phenoxy) is 1. The minimum Gasteiger partial charge on any atom is -0.444 e. The second-order valence-corrected chi connectivity index (χ2v) is 9.06. The van der Waals surface area contributed by atoms with Crippen LogP contribution in [0.5, 0.6) is 0 Å². The minimum absolute atomic E-state index is 0.0278. The van der Waals surface area contributed by atoms with E-state index in [1.54, 1.807) is 29.6 Å². The topological polar surface area (TPSA) is 100 Å². The van der Waals surface area contributed by atoms with Crippen LogP contribution < -0.4 is 4.90 Å². The summed E-state index contributed by atoms with van der Waals surface area (Å²) in [6.07, 6.45) is 4.84. The van der Waals surface area contributed by atoms with Crippen molar-refractivity contribution >= 4 is 22.9 Å². The number of rotatable bonds is 2. The molecule has 3 aromatic heterocycles. The van der Waals surface area contributed by atoms with Gasteiger partial charge in [0.25, 0.3) is 0 Å². The van der Waals surface area contributed by atoms with Crippen molar-refractivity contribution in [3.63, 3.8) is 0 Å². The second kappa shape index (κ2) is 12.3. The Hall–Kier alpha value is -3.67. The number of hydrogen-bond donors (Lipinski definition) is 0. The molecule has 0 aliphatic carbocycles. The van der Waals surface area contributed by atoms with E-state index in [0.717, 1.165) is 22.4 Å². The number of nitriles is 1. The smallest absolute Gasteiger partial charge is 0.410 e. The summed E-state index contributed by atoms with van der Waals surface area (Å²) >= 11 is 0. The molecular weight excluding hydrogens is 454 g/mol. The van der Waals surface area contributed by atoms with Crippen LogP contribution in [0.25, 0.3) is 16.9 Å². The molecule has 9 nitrogen and oxygen atoms in total. The van der Waals surface area contributed by atoms with E-state index < -0.39 is 5.60 Å². The average molecular weight is 494 g/mol. The van der Waals surface area contributed by atoms with E-state index in [2.05, 4.69) is 25.9 Å². The van der Waals surface area contributed by atoms with Gasteiger partial charge in [0.05, 0.1) is 17.0 Å². The first kappa shape index (κ1) is 28.6. The summed E-state index contributed by atoms with van der Waals surface area (Å²) in [6, 6.07) is 5.54. The fourth-order valence-electron chi connectivity index (χ4n) is 4.00. The van der Waals surface area contributed by atoms with Crippen LogP contribution in [0.1, 0.15) is 66.5 Å². The Kier molecular flexibility index (Phi) is 9.79. The third-order valence-electron chi connectivity index (χ3n) is 5.43. The zero-order valence-corrected chi connectivity index (χ0v) is 23.0. The van der Waals surface area contributed by atoms with Crippen molar-refractivity contribution in [1.82, 2.24) is 24.4 Å². The molecule has 1 unspecified atom stereocenters. The van der Waals surface area contributed by atoms with E-state index in [4.69, 9.17) is 4.74 Å². The van der Waals surface area contributed by atoms with Gasteiger partial charge in [-0.2, -0.15) is 5.26 Å². The zero-order chi connectivity index (χ0) is 27.0. The summed E-state index contributed by atoms with van der Waals surface area (Å²) < 4.78 is 7.44. The van der Waals surface area contributed by atoms with Crippen LogP contribution in [0, 0.1) is 18.3 Å². The molecule has 3 aromatic rings. The van der Waals surface area contributed by atoms with E-state index in [0.29, 0.717) is 31.0 Å². The Labute approximate surface area is 214 Å². The first-order valence-corrected chi connectivity index (χ1v) is 12.6. The molecule has 0 bridgehead atoms. The number of amides is 1. The van der Waals surface area contributed by atoms with E-state index in [9.17, 15) is 10.1 Å². The van der Waals surface area contributed by atoms with Gasteiger partial charge in [-0.15, -0.1) is 0 Å². The Morgan fingerprint density at radius 3 is 2.44 bits per heavy atom. The molecule has 194 valence electrons. The number of anilines is 1. The second-order valence-electron chi connectivity index (χ2n) is 9.06. The van der Waals surface area contributed by atoms with Crippen molar-refractivity contribution < 1.29 is 9.53 Å². The Morgan fingerprint density at radius 1 is 1.14 bits per heavy atom. The van der Waals surface area contributed by atoms with E-state index in [-0.39, 0.29) is 12.1 Å². The summed E-state index contributed by atoms with van der Waals surface area (Å²) in [5, 5.41) is 10.2. The monoisotopic (exact) mass is 493 g/mol. The normalized spacial score (nSPS) is 15.3. The lowest BCUT2D eigenvalue weighted by Gasteiger charge is -2.40. The molecule has 0 spiro atoms. The fourth-order valence-corrected chi connectivity index (χ4v) is 4.00. The van der Waals surface area contributed by atoms with Crippen molar-refractivity contribution in [2.45, 2.75) is 74.0 Å². The maximum absolute atomic E-state index is 12.6. The number of carbonyl (C=O) groups is 1. The molecule has 0 aromatic carbocycles. The highest BCUT2D eigenvalue weighted by Crippen LogP contribution is 2.31. The summed E-state index contributed by atoms with van der Waals surface area (Å²) in [5.74, 6) is 1.47. The SMILES string of the molecule is CC.CC.Cc1cn(-c2cc(C#N)ccn2)c2ncnc(N3CCN(C(=O)OC(C)(C)C)C(C)C3)c12. The molecular formula is C27H39N7O2. The van der Waals surface area contributed by atoms with E-state index in [1.807, 2.05) is 73.1 Å². The number of carbonyl (C=O) groups excluding carboxylic acids is 1. The van der Waals surface area contributed by atoms with Gasteiger partial charge < -0.3 is 14.5 Å². The highest BCUT2D eigenvalue weighted by atomic mass is 16.6. The van der Waals surface area contributed by atoms with Crippen LogP contribution >= 0.6 is 0 Å². The Morgan fingerprint density at radius 2 is 1.83 bits per heavy atom. The first-order chi connectivity index (χ1) is 17.2. The molecule has 1 saturated heterocycles. The predicted molar refractivity (Wildman–Crippen MR) is 143 cm³/mol. The van der Waals surface area contributed by atoms with Gasteiger partial charge >= 0.3 is 6.09 Å². The molecule has 9 heteroatoms. The number of aromatic nitrogens is 4. The van der Waals surface area contributed by atoms with Crippen LogP contribution in [0.15, 0.2) is 30.9 Å². The standard InChI is InChI=1S/C23H27N7O2.2C2H6/c1-15-12-30(18-10-17(11-24)6-7-25-18)21-19(15)20(26-14-27-21)28-8-9-29(16(2)13-28)22(31)32-23(3,4)5;2*1-2/h6-7,10,12,14,16H,8-9,13H2,1-5H3;2*1-2H3. The first-order valence-electron chi connectivity index (χ1n) is 12.6. The lowest BCUT2D eigenvalue weighted by molar-refractivity contribution is 0.0159. The van der Waals surface area contributed by atoms with Crippen LogP contribution in [-0.2, 0) is 4.74 Å². The van der Waals surface area contributed by atoms with Crippen molar-refractivity contribution in [2.24, 2.45) is 0 Å². The number of fused-ring (bicyclic) bond motifs is 1. The molecule has 0 radical (unpaired) electrons. The van der Waals surface area contributed by atoms with Crippen LogP contribution in [0.3, 0.4) is 0 Å². The fraction of sp³-hybridized carbons (Fsp3) is 0.519. The van der Waals surface area contributed by atoms with Gasteiger partial charge in [-0.05, 0) is 52.3 Å². The lowest BCUT2D eigenvalue weighted by atomic mass is 10.1. The van der Waals surface area contributed by atoms with Crippen LogP contribution in [0.4, 0.5) is 10.6 Å². The number of hydrogen-bond acceptors (Lipinski definition) is 7. The maximum atomic E-state index is 12.6. The van der Waals surface area contributed by atoms with Gasteiger partial charge in [0.15, 0.2) is 5.65 Å². The summed E-state index contributed by atoms with van der Waals surface area (Å²) in [5.41, 5.74) is 1.76. The average Bonchev–Trinajstić information content (AvgIpc) is 3.22. The van der Waals surface area contributed by atoms with Gasteiger partial charge in [-0.3, -0.25) is 4.57 Å². The lowest BCUT2D eigenvalue weighted by Crippen LogP contribution is -2.55. The largest absolute Gasteiger partial charge is 0.444 e. The van der Waals surface area contributed by atoms with Crippen molar-refractivity contribution in [3.05, 3.63) is 42.0 Å². The highest BCUT2D eigenvalue weighted by molar-refractivity contribution is 5.92. The molecule has 36 heavy (non-hydrogen) atoms. The van der Waals surface area contributed by atoms with Crippen molar-refractivity contribution in [2.75, 3.05) is 24.5 Å². The quantitative estimate of drug-likeness (QED) is 0.465. The van der Waals surface area contributed by atoms with Gasteiger partial charge in [-0.25, -0.2) is 19.7 Å². The number of piperazine rings is 1. The Bertz CT molecular complexity index is 1210. The van der Waals surface area contributed by atoms with Crippen molar-refractivity contribution in [3.8, 4) is 11.9 Å². The molecule has 1 aliphatic heterocycles. The molecule has 4 heterocycles. The third kappa shape index (κ3) is 6.30. The molecule has 0 N–H and O–H groups in total. The summed E-state index contributed by atoms with van der Waals surface area (Å²) in [6.45, 7) is 19.5. The van der Waals surface area contributed by atoms with Gasteiger partial charge in [0, 0.05) is 38.1 Å².